The molecule has 0 saturated heterocycles. The zero-order valence-corrected chi connectivity index (χ0v) is 9.89. The Labute approximate surface area is 97.8 Å². The molecule has 2 rings (SSSR count). The van der Waals surface area contributed by atoms with E-state index in [0.717, 1.165) is 11.3 Å². The van der Waals surface area contributed by atoms with Gasteiger partial charge in [-0.2, -0.15) is 10.1 Å². The van der Waals surface area contributed by atoms with Crippen molar-refractivity contribution < 1.29 is 9.32 Å². The molecule has 0 aliphatic heterocycles. The standard InChI is InChI=1S/C10H13N5O2/c1-6-4-15(13-7(6)2)5-8-12-10(17-14-8)9(16)11-3/h4H,5H2,1-3H3,(H,11,16). The van der Waals surface area contributed by atoms with Gasteiger partial charge in [-0.25, -0.2) is 0 Å². The minimum atomic E-state index is -0.392. The van der Waals surface area contributed by atoms with Crippen molar-refractivity contribution in [1.29, 1.82) is 0 Å². The molecule has 0 atom stereocenters. The Balaban J connectivity index is 2.14. The van der Waals surface area contributed by atoms with Gasteiger partial charge in [-0.15, -0.1) is 0 Å². The zero-order valence-electron chi connectivity index (χ0n) is 9.89. The van der Waals surface area contributed by atoms with Crippen molar-refractivity contribution >= 4 is 5.91 Å². The van der Waals surface area contributed by atoms with E-state index in [1.807, 2.05) is 20.0 Å². The van der Waals surface area contributed by atoms with E-state index in [1.165, 1.54) is 7.05 Å². The van der Waals surface area contributed by atoms with E-state index in [2.05, 4.69) is 20.6 Å². The van der Waals surface area contributed by atoms with Gasteiger partial charge in [0.25, 0.3) is 0 Å². The molecule has 0 unspecified atom stereocenters. The average Bonchev–Trinajstić information content (AvgIpc) is 2.87. The number of carbonyl (C=O) groups is 1. The van der Waals surface area contributed by atoms with Crippen molar-refractivity contribution in [2.75, 3.05) is 7.05 Å². The average molecular weight is 235 g/mol. The molecule has 17 heavy (non-hydrogen) atoms. The lowest BCUT2D eigenvalue weighted by Gasteiger charge is -1.93. The van der Waals surface area contributed by atoms with Gasteiger partial charge >= 0.3 is 11.8 Å². The van der Waals surface area contributed by atoms with Crippen LogP contribution in [0.1, 0.15) is 27.8 Å². The fraction of sp³-hybridized carbons (Fsp3) is 0.400. The summed E-state index contributed by atoms with van der Waals surface area (Å²) in [5.74, 6) is -0.00854. The summed E-state index contributed by atoms with van der Waals surface area (Å²) in [4.78, 5) is 15.2. The Hall–Kier alpha value is -2.18. The number of carbonyl (C=O) groups excluding carboxylic acids is 1. The first kappa shape index (κ1) is 11.3. The Kier molecular flexibility index (Phi) is 2.90. The molecule has 0 aliphatic rings. The molecular formula is C10H13N5O2. The number of aromatic nitrogens is 4. The molecule has 0 aliphatic carbocycles. The first-order valence-corrected chi connectivity index (χ1v) is 5.15. The van der Waals surface area contributed by atoms with Gasteiger partial charge < -0.3 is 9.84 Å². The molecule has 0 aromatic carbocycles. The van der Waals surface area contributed by atoms with E-state index >= 15 is 0 Å². The van der Waals surface area contributed by atoms with Crippen molar-refractivity contribution in [2.24, 2.45) is 0 Å². The molecule has 90 valence electrons. The second kappa shape index (κ2) is 4.36. The number of amides is 1. The van der Waals surface area contributed by atoms with Gasteiger partial charge in [-0.1, -0.05) is 5.16 Å². The molecule has 0 saturated carbocycles. The largest absolute Gasteiger partial charge is 0.351 e. The number of aryl methyl sites for hydroxylation is 2. The lowest BCUT2D eigenvalue weighted by Crippen LogP contribution is -2.18. The van der Waals surface area contributed by atoms with Gasteiger partial charge in [0.1, 0.15) is 6.54 Å². The third-order valence-electron chi connectivity index (χ3n) is 2.38. The van der Waals surface area contributed by atoms with E-state index in [0.29, 0.717) is 12.4 Å². The van der Waals surface area contributed by atoms with Crippen LogP contribution in [-0.2, 0) is 6.54 Å². The highest BCUT2D eigenvalue weighted by Crippen LogP contribution is 2.05. The molecule has 1 amide bonds. The van der Waals surface area contributed by atoms with Gasteiger partial charge in [-0.05, 0) is 19.4 Å². The maximum atomic E-state index is 11.2. The van der Waals surface area contributed by atoms with Crippen molar-refractivity contribution in [3.05, 3.63) is 29.2 Å². The molecule has 0 radical (unpaired) electrons. The van der Waals surface area contributed by atoms with Crippen LogP contribution in [0.3, 0.4) is 0 Å². The summed E-state index contributed by atoms with van der Waals surface area (Å²) in [5, 5.41) is 10.4. The van der Waals surface area contributed by atoms with Crippen LogP contribution in [0, 0.1) is 13.8 Å². The molecule has 2 aromatic heterocycles. The Bertz CT molecular complexity index is 523. The van der Waals surface area contributed by atoms with Gasteiger partial charge in [-0.3, -0.25) is 9.48 Å². The molecule has 2 heterocycles. The summed E-state index contributed by atoms with van der Waals surface area (Å²) in [6, 6.07) is 0. The van der Waals surface area contributed by atoms with Gasteiger partial charge in [0.05, 0.1) is 5.69 Å². The van der Waals surface area contributed by atoms with Crippen LogP contribution in [0.4, 0.5) is 0 Å². The zero-order chi connectivity index (χ0) is 12.4. The van der Waals surface area contributed by atoms with E-state index in [-0.39, 0.29) is 5.89 Å². The maximum absolute atomic E-state index is 11.2. The highest BCUT2D eigenvalue weighted by molar-refractivity contribution is 5.89. The minimum Gasteiger partial charge on any atom is -0.351 e. The summed E-state index contributed by atoms with van der Waals surface area (Å²) in [7, 11) is 1.51. The predicted molar refractivity (Wildman–Crippen MR) is 58.5 cm³/mol. The van der Waals surface area contributed by atoms with Crippen LogP contribution in [-0.4, -0.2) is 32.9 Å². The van der Waals surface area contributed by atoms with Crippen LogP contribution in [0.15, 0.2) is 10.7 Å². The van der Waals surface area contributed by atoms with Gasteiger partial charge in [0.15, 0.2) is 5.82 Å². The normalized spacial score (nSPS) is 10.5. The highest BCUT2D eigenvalue weighted by Gasteiger charge is 2.13. The molecule has 0 fully saturated rings. The quantitative estimate of drug-likeness (QED) is 0.826. The van der Waals surface area contributed by atoms with E-state index in [4.69, 9.17) is 4.52 Å². The highest BCUT2D eigenvalue weighted by atomic mass is 16.5. The SMILES string of the molecule is CNC(=O)c1nc(Cn2cc(C)c(C)n2)no1. The number of nitrogens with one attached hydrogen (secondary N) is 1. The van der Waals surface area contributed by atoms with Crippen molar-refractivity contribution in [1.82, 2.24) is 25.2 Å². The van der Waals surface area contributed by atoms with Crippen LogP contribution in [0.2, 0.25) is 0 Å². The first-order valence-electron chi connectivity index (χ1n) is 5.15. The third kappa shape index (κ3) is 2.32. The number of nitrogens with zero attached hydrogens (tertiary/aromatic N) is 4. The number of rotatable bonds is 3. The predicted octanol–water partition coefficient (Wildman–Crippen LogP) is 0.291. The van der Waals surface area contributed by atoms with E-state index < -0.39 is 5.91 Å². The number of hydrogen-bond acceptors (Lipinski definition) is 5. The summed E-state index contributed by atoms with van der Waals surface area (Å²) < 4.78 is 6.52. The summed E-state index contributed by atoms with van der Waals surface area (Å²) in [6.45, 7) is 4.29. The van der Waals surface area contributed by atoms with Gasteiger partial charge in [0, 0.05) is 13.2 Å². The molecule has 0 spiro atoms. The number of hydrogen-bond donors (Lipinski definition) is 1. The fourth-order valence-corrected chi connectivity index (χ4v) is 1.36. The summed E-state index contributed by atoms with van der Waals surface area (Å²) in [6.07, 6.45) is 1.89. The molecule has 1 N–H and O–H groups in total. The summed E-state index contributed by atoms with van der Waals surface area (Å²) >= 11 is 0. The van der Waals surface area contributed by atoms with Crippen LogP contribution < -0.4 is 5.32 Å². The van der Waals surface area contributed by atoms with Crippen LogP contribution >= 0.6 is 0 Å². The Morgan fingerprint density at radius 1 is 1.53 bits per heavy atom. The smallest absolute Gasteiger partial charge is 0.315 e. The minimum absolute atomic E-state index is 0.0388. The second-order valence-corrected chi connectivity index (χ2v) is 3.69. The molecule has 0 bridgehead atoms. The van der Waals surface area contributed by atoms with Crippen molar-refractivity contribution in [3.8, 4) is 0 Å². The van der Waals surface area contributed by atoms with Crippen molar-refractivity contribution in [2.45, 2.75) is 20.4 Å². The molecule has 2 aromatic rings. The summed E-state index contributed by atoms with van der Waals surface area (Å²) in [5.41, 5.74) is 2.06. The lowest BCUT2D eigenvalue weighted by molar-refractivity contribution is 0.0919. The second-order valence-electron chi connectivity index (χ2n) is 3.69. The van der Waals surface area contributed by atoms with Crippen LogP contribution in [0.5, 0.6) is 0 Å². The maximum Gasteiger partial charge on any atom is 0.315 e. The lowest BCUT2D eigenvalue weighted by atomic mass is 10.3. The van der Waals surface area contributed by atoms with E-state index in [1.54, 1.807) is 4.68 Å². The molecule has 7 nitrogen and oxygen atoms in total. The molecular weight excluding hydrogens is 222 g/mol. The van der Waals surface area contributed by atoms with Gasteiger partial charge in [0.2, 0.25) is 0 Å². The Morgan fingerprint density at radius 3 is 2.88 bits per heavy atom. The third-order valence-corrected chi connectivity index (χ3v) is 2.38. The Morgan fingerprint density at radius 2 is 2.29 bits per heavy atom. The topological polar surface area (TPSA) is 85.8 Å². The first-order chi connectivity index (χ1) is 8.10. The van der Waals surface area contributed by atoms with Crippen LogP contribution in [0.25, 0.3) is 0 Å². The molecule has 7 heteroatoms. The van der Waals surface area contributed by atoms with E-state index in [9.17, 15) is 4.79 Å². The fourth-order valence-electron chi connectivity index (χ4n) is 1.36. The monoisotopic (exact) mass is 235 g/mol. The van der Waals surface area contributed by atoms with Crippen molar-refractivity contribution in [3.63, 3.8) is 0 Å².